The number of methoxy groups -OCH3 is 1. The number of nitrogens with one attached hydrogen (secondary N) is 1. The molecule has 5 nitrogen and oxygen atoms in total. The van der Waals surface area contributed by atoms with Gasteiger partial charge in [0.05, 0.1) is 19.4 Å². The molecule has 0 radical (unpaired) electrons. The molecule has 0 bridgehead atoms. The van der Waals surface area contributed by atoms with Crippen molar-refractivity contribution in [2.75, 3.05) is 26.0 Å². The summed E-state index contributed by atoms with van der Waals surface area (Å²) in [5.74, 6) is 0.294. The number of anilines is 1. The Labute approximate surface area is 101 Å². The molecule has 0 fully saturated rings. The Kier molecular flexibility index (Phi) is 4.78. The normalized spacial score (nSPS) is 11.9. The number of aliphatic hydroxyl groups excluding tert-OH is 1. The van der Waals surface area contributed by atoms with Gasteiger partial charge in [-0.05, 0) is 17.7 Å². The molecule has 0 aliphatic heterocycles. The van der Waals surface area contributed by atoms with E-state index in [9.17, 15) is 9.90 Å². The molecule has 5 heteroatoms. The fourth-order valence-corrected chi connectivity index (χ4v) is 1.54. The van der Waals surface area contributed by atoms with Gasteiger partial charge in [-0.3, -0.25) is 4.79 Å². The van der Waals surface area contributed by atoms with Crippen LogP contribution in [0.1, 0.15) is 18.4 Å². The van der Waals surface area contributed by atoms with E-state index in [-0.39, 0.29) is 18.4 Å². The number of hydrogen-bond acceptors (Lipinski definition) is 4. The number of nitrogen functional groups attached to an aromatic ring is 1. The van der Waals surface area contributed by atoms with Crippen LogP contribution in [-0.4, -0.2) is 31.3 Å². The maximum atomic E-state index is 10.8. The summed E-state index contributed by atoms with van der Waals surface area (Å²) in [6.07, 6.45) is 0. The lowest BCUT2D eigenvalue weighted by Crippen LogP contribution is -2.27. The standard InChI is InChI=1S/C12H18N2O3/c1-8(16)14-6-10(7-15)9-3-4-11(13)12(5-9)17-2/h3-5,10,15H,6-7,13H2,1-2H3,(H,14,16). The minimum atomic E-state index is -0.159. The maximum absolute atomic E-state index is 10.8. The first-order valence-electron chi connectivity index (χ1n) is 5.37. The van der Waals surface area contributed by atoms with Crippen molar-refractivity contribution in [3.8, 4) is 5.75 Å². The molecule has 0 saturated heterocycles. The average molecular weight is 238 g/mol. The zero-order valence-corrected chi connectivity index (χ0v) is 10.1. The molecule has 94 valence electrons. The van der Waals surface area contributed by atoms with Gasteiger partial charge in [-0.2, -0.15) is 0 Å². The SMILES string of the molecule is COc1cc(C(CO)CNC(C)=O)ccc1N. The van der Waals surface area contributed by atoms with Crippen LogP contribution in [0.4, 0.5) is 5.69 Å². The highest BCUT2D eigenvalue weighted by atomic mass is 16.5. The van der Waals surface area contributed by atoms with Crippen molar-refractivity contribution in [3.63, 3.8) is 0 Å². The van der Waals surface area contributed by atoms with E-state index in [1.54, 1.807) is 12.1 Å². The Morgan fingerprint density at radius 2 is 2.29 bits per heavy atom. The first-order valence-corrected chi connectivity index (χ1v) is 5.37. The second-order valence-electron chi connectivity index (χ2n) is 3.82. The molecule has 1 atom stereocenters. The molecule has 1 aromatic carbocycles. The number of benzene rings is 1. The summed E-state index contributed by atoms with van der Waals surface area (Å²) in [7, 11) is 1.54. The topological polar surface area (TPSA) is 84.6 Å². The zero-order chi connectivity index (χ0) is 12.8. The van der Waals surface area contributed by atoms with Crippen molar-refractivity contribution in [1.29, 1.82) is 0 Å². The number of amides is 1. The largest absolute Gasteiger partial charge is 0.495 e. The minimum Gasteiger partial charge on any atom is -0.495 e. The van der Waals surface area contributed by atoms with Crippen molar-refractivity contribution in [3.05, 3.63) is 23.8 Å². The lowest BCUT2D eigenvalue weighted by atomic mass is 9.99. The van der Waals surface area contributed by atoms with Gasteiger partial charge in [-0.1, -0.05) is 6.07 Å². The van der Waals surface area contributed by atoms with E-state index in [2.05, 4.69) is 5.32 Å². The summed E-state index contributed by atoms with van der Waals surface area (Å²) < 4.78 is 5.11. The summed E-state index contributed by atoms with van der Waals surface area (Å²) >= 11 is 0. The molecule has 1 unspecified atom stereocenters. The first-order chi connectivity index (χ1) is 8.08. The molecule has 0 saturated carbocycles. The van der Waals surface area contributed by atoms with E-state index in [4.69, 9.17) is 10.5 Å². The van der Waals surface area contributed by atoms with Crippen LogP contribution in [-0.2, 0) is 4.79 Å². The third-order valence-corrected chi connectivity index (χ3v) is 2.55. The second kappa shape index (κ2) is 6.10. The van der Waals surface area contributed by atoms with E-state index in [0.717, 1.165) is 5.56 Å². The molecule has 1 amide bonds. The van der Waals surface area contributed by atoms with Crippen molar-refractivity contribution in [2.24, 2.45) is 0 Å². The Balaban J connectivity index is 2.84. The summed E-state index contributed by atoms with van der Waals surface area (Å²) in [4.78, 5) is 10.8. The Morgan fingerprint density at radius 3 is 2.82 bits per heavy atom. The van der Waals surface area contributed by atoms with E-state index < -0.39 is 0 Å². The van der Waals surface area contributed by atoms with Crippen LogP contribution >= 0.6 is 0 Å². The van der Waals surface area contributed by atoms with Gasteiger partial charge in [0.1, 0.15) is 5.75 Å². The van der Waals surface area contributed by atoms with Crippen LogP contribution in [0, 0.1) is 0 Å². The lowest BCUT2D eigenvalue weighted by Gasteiger charge is -2.16. The second-order valence-corrected chi connectivity index (χ2v) is 3.82. The van der Waals surface area contributed by atoms with Gasteiger partial charge in [0.15, 0.2) is 0 Å². The zero-order valence-electron chi connectivity index (χ0n) is 10.1. The summed E-state index contributed by atoms with van der Waals surface area (Å²) in [6.45, 7) is 1.78. The number of nitrogens with two attached hydrogens (primary N) is 1. The highest BCUT2D eigenvalue weighted by molar-refractivity contribution is 5.72. The maximum Gasteiger partial charge on any atom is 0.216 e. The molecule has 0 spiro atoms. The average Bonchev–Trinajstić information content (AvgIpc) is 2.31. The van der Waals surface area contributed by atoms with E-state index in [1.165, 1.54) is 14.0 Å². The van der Waals surface area contributed by atoms with Crippen molar-refractivity contribution >= 4 is 11.6 Å². The number of ether oxygens (including phenoxy) is 1. The van der Waals surface area contributed by atoms with Gasteiger partial charge in [-0.25, -0.2) is 0 Å². The molecule has 0 aliphatic rings. The van der Waals surface area contributed by atoms with Gasteiger partial charge in [0.2, 0.25) is 5.91 Å². The van der Waals surface area contributed by atoms with Crippen LogP contribution in [0.3, 0.4) is 0 Å². The fraction of sp³-hybridized carbons (Fsp3) is 0.417. The van der Waals surface area contributed by atoms with Crippen LogP contribution < -0.4 is 15.8 Å². The molecule has 17 heavy (non-hydrogen) atoms. The fourth-order valence-electron chi connectivity index (χ4n) is 1.54. The van der Waals surface area contributed by atoms with Gasteiger partial charge in [0.25, 0.3) is 0 Å². The Morgan fingerprint density at radius 1 is 1.59 bits per heavy atom. The molecular weight excluding hydrogens is 220 g/mol. The molecule has 1 rings (SSSR count). The van der Waals surface area contributed by atoms with Crippen LogP contribution in [0.2, 0.25) is 0 Å². The number of rotatable bonds is 5. The molecular formula is C12H18N2O3. The Bertz CT molecular complexity index is 393. The number of carbonyl (C=O) groups is 1. The minimum absolute atomic E-state index is 0.0483. The van der Waals surface area contributed by atoms with E-state index >= 15 is 0 Å². The summed E-state index contributed by atoms with van der Waals surface area (Å²) in [6, 6.07) is 5.32. The predicted octanol–water partition coefficient (Wildman–Crippen LogP) is 0.489. The smallest absolute Gasteiger partial charge is 0.216 e. The highest BCUT2D eigenvalue weighted by Crippen LogP contribution is 2.26. The number of aliphatic hydroxyl groups is 1. The lowest BCUT2D eigenvalue weighted by molar-refractivity contribution is -0.119. The van der Waals surface area contributed by atoms with Crippen molar-refractivity contribution < 1.29 is 14.6 Å². The van der Waals surface area contributed by atoms with Crippen molar-refractivity contribution in [2.45, 2.75) is 12.8 Å². The molecule has 1 aromatic rings. The predicted molar refractivity (Wildman–Crippen MR) is 65.9 cm³/mol. The van der Waals surface area contributed by atoms with Gasteiger partial charge < -0.3 is 20.9 Å². The van der Waals surface area contributed by atoms with Crippen molar-refractivity contribution in [1.82, 2.24) is 5.32 Å². The molecule has 0 heterocycles. The van der Waals surface area contributed by atoms with E-state index in [1.807, 2.05) is 6.07 Å². The number of hydrogen-bond donors (Lipinski definition) is 3. The monoisotopic (exact) mass is 238 g/mol. The first kappa shape index (κ1) is 13.3. The van der Waals surface area contributed by atoms with Crippen LogP contribution in [0.5, 0.6) is 5.75 Å². The molecule has 0 aliphatic carbocycles. The number of carbonyl (C=O) groups excluding carboxylic acids is 1. The summed E-state index contributed by atoms with van der Waals surface area (Å²) in [5.41, 5.74) is 7.14. The third kappa shape index (κ3) is 3.64. The van der Waals surface area contributed by atoms with Crippen LogP contribution in [0.25, 0.3) is 0 Å². The van der Waals surface area contributed by atoms with E-state index in [0.29, 0.717) is 18.0 Å². The third-order valence-electron chi connectivity index (χ3n) is 2.55. The summed E-state index contributed by atoms with van der Waals surface area (Å²) in [5, 5.41) is 12.0. The molecule has 4 N–H and O–H groups in total. The van der Waals surface area contributed by atoms with Gasteiger partial charge >= 0.3 is 0 Å². The van der Waals surface area contributed by atoms with Gasteiger partial charge in [-0.15, -0.1) is 0 Å². The van der Waals surface area contributed by atoms with Crippen LogP contribution in [0.15, 0.2) is 18.2 Å². The Hall–Kier alpha value is -1.75. The quantitative estimate of drug-likeness (QED) is 0.652. The highest BCUT2D eigenvalue weighted by Gasteiger charge is 2.12. The molecule has 0 aromatic heterocycles. The van der Waals surface area contributed by atoms with Gasteiger partial charge in [0, 0.05) is 19.4 Å².